The minimum absolute atomic E-state index is 0.0355. The Morgan fingerprint density at radius 1 is 1.60 bits per heavy atom. The normalized spacial score (nSPS) is 26.7. The molecule has 0 aromatic carbocycles. The zero-order valence-corrected chi connectivity index (χ0v) is 11.5. The number of amides is 1. The van der Waals surface area contributed by atoms with Crippen molar-refractivity contribution in [2.24, 2.45) is 5.92 Å². The molecule has 15 heavy (non-hydrogen) atoms. The maximum Gasteiger partial charge on any atom is 0.228 e. The molecule has 1 heterocycles. The molecule has 0 aromatic heterocycles. The largest absolute Gasteiger partial charge is 0.378 e. The van der Waals surface area contributed by atoms with Crippen LogP contribution in [0.4, 0.5) is 0 Å². The molecule has 0 radical (unpaired) electrons. The van der Waals surface area contributed by atoms with E-state index in [0.717, 1.165) is 11.8 Å². The van der Waals surface area contributed by atoms with Gasteiger partial charge in [0.15, 0.2) is 0 Å². The molecule has 88 valence electrons. The van der Waals surface area contributed by atoms with Crippen LogP contribution in [0.15, 0.2) is 0 Å². The third-order valence-electron chi connectivity index (χ3n) is 3.26. The lowest BCUT2D eigenvalue weighted by molar-refractivity contribution is -0.139. The Bertz CT molecular complexity index is 243. The van der Waals surface area contributed by atoms with Crippen LogP contribution in [0.1, 0.15) is 27.2 Å². The molecule has 0 aromatic rings. The highest BCUT2D eigenvalue weighted by Crippen LogP contribution is 2.26. The summed E-state index contributed by atoms with van der Waals surface area (Å²) in [4.78, 5) is 14.0. The molecule has 0 spiro atoms. The van der Waals surface area contributed by atoms with Crippen molar-refractivity contribution in [1.82, 2.24) is 4.90 Å². The molecule has 2 unspecified atom stereocenters. The second-order valence-corrected chi connectivity index (χ2v) is 5.38. The Morgan fingerprint density at radius 2 is 2.20 bits per heavy atom. The van der Waals surface area contributed by atoms with Crippen LogP contribution in [0.3, 0.4) is 0 Å². The second-order valence-electron chi connectivity index (χ2n) is 4.81. The van der Waals surface area contributed by atoms with E-state index in [0.29, 0.717) is 6.61 Å². The average molecular weight is 278 g/mol. The molecular formula is C11H20BrNO2. The molecule has 0 N–H and O–H groups in total. The number of hydrogen-bond acceptors (Lipinski definition) is 2. The fourth-order valence-electron chi connectivity index (χ4n) is 1.69. The van der Waals surface area contributed by atoms with Gasteiger partial charge in [-0.2, -0.15) is 0 Å². The maximum atomic E-state index is 12.2. The van der Waals surface area contributed by atoms with Gasteiger partial charge in [-0.3, -0.25) is 4.79 Å². The topological polar surface area (TPSA) is 29.5 Å². The van der Waals surface area contributed by atoms with Gasteiger partial charge in [0.2, 0.25) is 5.91 Å². The monoisotopic (exact) mass is 277 g/mol. The van der Waals surface area contributed by atoms with Gasteiger partial charge in [0, 0.05) is 24.5 Å². The van der Waals surface area contributed by atoms with E-state index in [1.165, 1.54) is 0 Å². The van der Waals surface area contributed by atoms with Crippen molar-refractivity contribution in [2.75, 3.05) is 19.0 Å². The van der Waals surface area contributed by atoms with E-state index < -0.39 is 0 Å². The van der Waals surface area contributed by atoms with Gasteiger partial charge < -0.3 is 9.64 Å². The van der Waals surface area contributed by atoms with Crippen molar-refractivity contribution in [1.29, 1.82) is 0 Å². The Labute approximate surface area is 100 Å². The summed E-state index contributed by atoms with van der Waals surface area (Å²) in [6, 6.07) is 0. The summed E-state index contributed by atoms with van der Waals surface area (Å²) in [7, 11) is 1.87. The number of carbonyl (C=O) groups is 1. The zero-order valence-electron chi connectivity index (χ0n) is 9.92. The number of ether oxygens (including phenoxy) is 1. The van der Waals surface area contributed by atoms with Crippen LogP contribution in [0.5, 0.6) is 0 Å². The fraction of sp³-hybridized carbons (Fsp3) is 0.909. The number of nitrogens with zero attached hydrogens (tertiary/aromatic N) is 1. The number of carbonyl (C=O) groups excluding carboxylic acids is 1. The fourth-order valence-corrected chi connectivity index (χ4v) is 2.07. The van der Waals surface area contributed by atoms with E-state index in [4.69, 9.17) is 4.74 Å². The Kier molecular flexibility index (Phi) is 4.18. The first-order chi connectivity index (χ1) is 6.90. The smallest absolute Gasteiger partial charge is 0.228 e. The molecule has 1 fully saturated rings. The summed E-state index contributed by atoms with van der Waals surface area (Å²) in [6.45, 7) is 6.80. The standard InChI is InChI=1S/C11H20BrNO2/c1-8-9(5-6-15-8)10(14)13(4)11(2,3)7-12/h8-9H,5-7H2,1-4H3. The lowest BCUT2D eigenvalue weighted by atomic mass is 9.97. The maximum absolute atomic E-state index is 12.2. The number of halogens is 1. The van der Waals surface area contributed by atoms with Crippen LogP contribution >= 0.6 is 15.9 Å². The second kappa shape index (κ2) is 4.83. The predicted octanol–water partition coefficient (Wildman–Crippen LogP) is 2.04. The van der Waals surface area contributed by atoms with Crippen LogP contribution < -0.4 is 0 Å². The van der Waals surface area contributed by atoms with E-state index in [1.807, 2.05) is 18.9 Å². The van der Waals surface area contributed by atoms with Gasteiger partial charge in [0.05, 0.1) is 12.0 Å². The van der Waals surface area contributed by atoms with Gasteiger partial charge in [0.1, 0.15) is 0 Å². The Morgan fingerprint density at radius 3 is 2.60 bits per heavy atom. The first-order valence-electron chi connectivity index (χ1n) is 5.35. The SMILES string of the molecule is CC1OCCC1C(=O)N(C)C(C)(C)CBr. The van der Waals surface area contributed by atoms with E-state index in [-0.39, 0.29) is 23.5 Å². The summed E-state index contributed by atoms with van der Waals surface area (Å²) in [5.41, 5.74) is -0.139. The molecule has 1 aliphatic rings. The van der Waals surface area contributed by atoms with E-state index in [2.05, 4.69) is 29.8 Å². The third-order valence-corrected chi connectivity index (χ3v) is 4.63. The van der Waals surface area contributed by atoms with Gasteiger partial charge in [-0.1, -0.05) is 15.9 Å². The summed E-state index contributed by atoms with van der Waals surface area (Å²) in [5.74, 6) is 0.234. The molecule has 2 atom stereocenters. The zero-order chi connectivity index (χ0) is 11.6. The first-order valence-corrected chi connectivity index (χ1v) is 6.47. The molecule has 0 saturated carbocycles. The number of alkyl halides is 1. The molecule has 1 amide bonds. The van der Waals surface area contributed by atoms with Crippen LogP contribution in [-0.2, 0) is 9.53 Å². The van der Waals surface area contributed by atoms with Gasteiger partial charge in [-0.25, -0.2) is 0 Å². The van der Waals surface area contributed by atoms with E-state index >= 15 is 0 Å². The van der Waals surface area contributed by atoms with Crippen LogP contribution in [0.25, 0.3) is 0 Å². The molecule has 1 aliphatic heterocycles. The van der Waals surface area contributed by atoms with Crippen molar-refractivity contribution in [2.45, 2.75) is 38.8 Å². The first kappa shape index (κ1) is 13.0. The average Bonchev–Trinajstić information content (AvgIpc) is 2.62. The minimum atomic E-state index is -0.139. The quantitative estimate of drug-likeness (QED) is 0.739. The minimum Gasteiger partial charge on any atom is -0.378 e. The van der Waals surface area contributed by atoms with Gasteiger partial charge in [0.25, 0.3) is 0 Å². The number of rotatable bonds is 3. The summed E-state index contributed by atoms with van der Waals surface area (Å²) in [6.07, 6.45) is 0.911. The van der Waals surface area contributed by atoms with Gasteiger partial charge in [-0.05, 0) is 27.2 Å². The highest BCUT2D eigenvalue weighted by atomic mass is 79.9. The highest BCUT2D eigenvalue weighted by molar-refractivity contribution is 9.09. The van der Waals surface area contributed by atoms with E-state index in [9.17, 15) is 4.79 Å². The van der Waals surface area contributed by atoms with Crippen LogP contribution in [0, 0.1) is 5.92 Å². The van der Waals surface area contributed by atoms with Crippen molar-refractivity contribution in [3.63, 3.8) is 0 Å². The predicted molar refractivity (Wildman–Crippen MR) is 64.2 cm³/mol. The summed E-state index contributed by atoms with van der Waals surface area (Å²) in [5, 5.41) is 0.782. The molecule has 0 aliphatic carbocycles. The van der Waals surface area contributed by atoms with Crippen molar-refractivity contribution in [3.05, 3.63) is 0 Å². The molecule has 4 heteroatoms. The van der Waals surface area contributed by atoms with Gasteiger partial charge in [-0.15, -0.1) is 0 Å². The Hall–Kier alpha value is -0.0900. The summed E-state index contributed by atoms with van der Waals surface area (Å²) >= 11 is 3.44. The number of hydrogen-bond donors (Lipinski definition) is 0. The lowest BCUT2D eigenvalue weighted by Gasteiger charge is -2.36. The van der Waals surface area contributed by atoms with Crippen LogP contribution in [-0.4, -0.2) is 41.4 Å². The van der Waals surface area contributed by atoms with Crippen LogP contribution in [0.2, 0.25) is 0 Å². The molecule has 1 rings (SSSR count). The van der Waals surface area contributed by atoms with Crippen molar-refractivity contribution >= 4 is 21.8 Å². The lowest BCUT2D eigenvalue weighted by Crippen LogP contribution is -2.49. The molecule has 3 nitrogen and oxygen atoms in total. The molecular weight excluding hydrogens is 258 g/mol. The molecule has 0 bridgehead atoms. The third kappa shape index (κ3) is 2.72. The Balaban J connectivity index is 2.67. The summed E-state index contributed by atoms with van der Waals surface area (Å²) < 4.78 is 5.42. The van der Waals surface area contributed by atoms with E-state index in [1.54, 1.807) is 0 Å². The van der Waals surface area contributed by atoms with Gasteiger partial charge >= 0.3 is 0 Å². The highest BCUT2D eigenvalue weighted by Gasteiger charge is 2.36. The molecule has 1 saturated heterocycles. The van der Waals surface area contributed by atoms with Crippen molar-refractivity contribution in [3.8, 4) is 0 Å². The van der Waals surface area contributed by atoms with Crippen molar-refractivity contribution < 1.29 is 9.53 Å².